The van der Waals surface area contributed by atoms with Gasteiger partial charge in [0.1, 0.15) is 11.3 Å². The number of fused-ring (bicyclic) bond motifs is 1. The number of benzene rings is 1. The minimum Gasteiger partial charge on any atom is -0.508 e. The van der Waals surface area contributed by atoms with Gasteiger partial charge in [0, 0.05) is 10.9 Å². The van der Waals surface area contributed by atoms with E-state index in [1.54, 1.807) is 12.1 Å². The molecule has 2 rings (SSSR count). The monoisotopic (exact) mass is 261 g/mol. The molecule has 0 unspecified atom stereocenters. The Kier molecular flexibility index (Phi) is 3.90. The molecule has 0 atom stereocenters. The molecule has 0 fully saturated rings. The van der Waals surface area contributed by atoms with Crippen LogP contribution in [0.2, 0.25) is 0 Å². The van der Waals surface area contributed by atoms with Crippen LogP contribution in [0.15, 0.2) is 27.4 Å². The van der Waals surface area contributed by atoms with E-state index < -0.39 is 0 Å². The van der Waals surface area contributed by atoms with Crippen LogP contribution >= 0.6 is 0 Å². The third-order valence-electron chi connectivity index (χ3n) is 3.30. The number of phenolic OH excluding ortho intramolecular Hbond substituents is 1. The van der Waals surface area contributed by atoms with E-state index in [1.807, 2.05) is 21.0 Å². The lowest BCUT2D eigenvalue weighted by Gasteiger charge is -2.11. The van der Waals surface area contributed by atoms with Crippen molar-refractivity contribution in [1.29, 1.82) is 0 Å². The number of hydrogen-bond donors (Lipinski definition) is 1. The standard InChI is InChI=1S/C15H19NO3/c1-10-12(5-4-8-16(2)3)15(18)19-14-7-6-11(17)9-13(10)14/h6-7,9,17H,4-5,8H2,1-3H3. The molecule has 0 aliphatic carbocycles. The molecule has 0 radical (unpaired) electrons. The maximum Gasteiger partial charge on any atom is 0.339 e. The Balaban J connectivity index is 2.40. The van der Waals surface area contributed by atoms with Gasteiger partial charge in [-0.1, -0.05) is 0 Å². The highest BCUT2D eigenvalue weighted by Crippen LogP contribution is 2.24. The largest absolute Gasteiger partial charge is 0.508 e. The van der Waals surface area contributed by atoms with E-state index >= 15 is 0 Å². The third kappa shape index (κ3) is 2.96. The van der Waals surface area contributed by atoms with Gasteiger partial charge in [0.05, 0.1) is 0 Å². The molecule has 0 spiro atoms. The maximum atomic E-state index is 12.0. The first-order chi connectivity index (χ1) is 8.99. The highest BCUT2D eigenvalue weighted by atomic mass is 16.4. The Morgan fingerprint density at radius 1 is 1.32 bits per heavy atom. The molecule has 4 nitrogen and oxygen atoms in total. The van der Waals surface area contributed by atoms with Crippen molar-refractivity contribution in [3.05, 3.63) is 39.7 Å². The Labute approximate surface area is 112 Å². The van der Waals surface area contributed by atoms with E-state index in [0.29, 0.717) is 17.6 Å². The fourth-order valence-electron chi connectivity index (χ4n) is 2.24. The minimum atomic E-state index is -0.269. The SMILES string of the molecule is Cc1c(CCCN(C)C)c(=O)oc2ccc(O)cc12. The molecule has 1 aromatic heterocycles. The van der Waals surface area contributed by atoms with Crippen molar-refractivity contribution in [2.24, 2.45) is 0 Å². The van der Waals surface area contributed by atoms with Crippen molar-refractivity contribution in [2.75, 3.05) is 20.6 Å². The summed E-state index contributed by atoms with van der Waals surface area (Å²) in [7, 11) is 4.02. The molecule has 0 aliphatic rings. The Morgan fingerprint density at radius 2 is 2.05 bits per heavy atom. The number of aryl methyl sites for hydroxylation is 1. The summed E-state index contributed by atoms with van der Waals surface area (Å²) in [6.45, 7) is 2.83. The first kappa shape index (κ1) is 13.6. The molecule has 1 aromatic carbocycles. The first-order valence-corrected chi connectivity index (χ1v) is 6.39. The lowest BCUT2D eigenvalue weighted by molar-refractivity contribution is 0.398. The molecule has 2 aromatic rings. The van der Waals surface area contributed by atoms with E-state index in [0.717, 1.165) is 23.9 Å². The number of aromatic hydroxyl groups is 1. The van der Waals surface area contributed by atoms with Crippen LogP contribution in [-0.2, 0) is 6.42 Å². The predicted molar refractivity (Wildman–Crippen MR) is 75.8 cm³/mol. The molecule has 0 bridgehead atoms. The predicted octanol–water partition coefficient (Wildman–Crippen LogP) is 2.30. The molecule has 0 amide bonds. The van der Waals surface area contributed by atoms with Crippen LogP contribution in [0.1, 0.15) is 17.5 Å². The highest BCUT2D eigenvalue weighted by Gasteiger charge is 2.11. The van der Waals surface area contributed by atoms with Crippen molar-refractivity contribution >= 4 is 11.0 Å². The molecular formula is C15H19NO3. The maximum absolute atomic E-state index is 12.0. The van der Waals surface area contributed by atoms with Gasteiger partial charge in [-0.15, -0.1) is 0 Å². The zero-order valence-corrected chi connectivity index (χ0v) is 11.6. The fraction of sp³-hybridized carbons (Fsp3) is 0.400. The summed E-state index contributed by atoms with van der Waals surface area (Å²) in [4.78, 5) is 14.1. The Morgan fingerprint density at radius 3 is 2.74 bits per heavy atom. The molecule has 0 saturated heterocycles. The second-order valence-electron chi connectivity index (χ2n) is 5.08. The summed E-state index contributed by atoms with van der Waals surface area (Å²) in [5.74, 6) is 0.184. The lowest BCUT2D eigenvalue weighted by atomic mass is 10.0. The van der Waals surface area contributed by atoms with Gasteiger partial charge in [0.2, 0.25) is 0 Å². The van der Waals surface area contributed by atoms with Crippen LogP contribution < -0.4 is 5.63 Å². The van der Waals surface area contributed by atoms with E-state index in [4.69, 9.17) is 4.42 Å². The van der Waals surface area contributed by atoms with Crippen molar-refractivity contribution in [2.45, 2.75) is 19.8 Å². The molecule has 4 heteroatoms. The fourth-order valence-corrected chi connectivity index (χ4v) is 2.24. The van der Waals surface area contributed by atoms with Gasteiger partial charge in [-0.2, -0.15) is 0 Å². The zero-order chi connectivity index (χ0) is 14.0. The van der Waals surface area contributed by atoms with E-state index in [1.165, 1.54) is 6.07 Å². The molecule has 0 saturated carbocycles. The van der Waals surface area contributed by atoms with Crippen LogP contribution in [0.4, 0.5) is 0 Å². The van der Waals surface area contributed by atoms with Crippen molar-refractivity contribution in [3.8, 4) is 5.75 Å². The summed E-state index contributed by atoms with van der Waals surface area (Å²) in [6.07, 6.45) is 1.60. The first-order valence-electron chi connectivity index (χ1n) is 6.39. The molecule has 1 N–H and O–H groups in total. The summed E-state index contributed by atoms with van der Waals surface area (Å²) >= 11 is 0. The van der Waals surface area contributed by atoms with Gasteiger partial charge >= 0.3 is 5.63 Å². The van der Waals surface area contributed by atoms with Gasteiger partial charge in [-0.3, -0.25) is 0 Å². The molecule has 19 heavy (non-hydrogen) atoms. The quantitative estimate of drug-likeness (QED) is 0.858. The van der Waals surface area contributed by atoms with E-state index in [9.17, 15) is 9.90 Å². The van der Waals surface area contributed by atoms with Gasteiger partial charge < -0.3 is 14.4 Å². The molecule has 1 heterocycles. The van der Waals surface area contributed by atoms with Crippen LogP contribution in [0.5, 0.6) is 5.75 Å². The molecular weight excluding hydrogens is 242 g/mol. The second kappa shape index (κ2) is 5.45. The minimum absolute atomic E-state index is 0.184. The topological polar surface area (TPSA) is 53.7 Å². The van der Waals surface area contributed by atoms with Gasteiger partial charge in [0.25, 0.3) is 0 Å². The number of rotatable bonds is 4. The summed E-state index contributed by atoms with van der Waals surface area (Å²) in [5.41, 5.74) is 1.87. The normalized spacial score (nSPS) is 11.4. The summed E-state index contributed by atoms with van der Waals surface area (Å²) in [6, 6.07) is 4.79. The number of nitrogens with zero attached hydrogens (tertiary/aromatic N) is 1. The summed E-state index contributed by atoms with van der Waals surface area (Å²) < 4.78 is 5.31. The smallest absolute Gasteiger partial charge is 0.339 e. The Hall–Kier alpha value is -1.81. The van der Waals surface area contributed by atoms with Crippen LogP contribution in [0, 0.1) is 6.92 Å². The van der Waals surface area contributed by atoms with Gasteiger partial charge in [0.15, 0.2) is 0 Å². The zero-order valence-electron chi connectivity index (χ0n) is 11.6. The third-order valence-corrected chi connectivity index (χ3v) is 3.30. The summed E-state index contributed by atoms with van der Waals surface area (Å²) in [5, 5.41) is 10.3. The van der Waals surface area contributed by atoms with Crippen molar-refractivity contribution in [1.82, 2.24) is 4.90 Å². The van der Waals surface area contributed by atoms with Gasteiger partial charge in [-0.05, 0) is 64.2 Å². The average molecular weight is 261 g/mol. The van der Waals surface area contributed by atoms with Crippen molar-refractivity contribution < 1.29 is 9.52 Å². The van der Waals surface area contributed by atoms with Crippen LogP contribution in [-0.4, -0.2) is 30.6 Å². The number of hydrogen-bond acceptors (Lipinski definition) is 4. The average Bonchev–Trinajstić information content (AvgIpc) is 2.34. The van der Waals surface area contributed by atoms with Crippen LogP contribution in [0.25, 0.3) is 11.0 Å². The molecule has 102 valence electrons. The molecule has 0 aliphatic heterocycles. The van der Waals surface area contributed by atoms with E-state index in [-0.39, 0.29) is 11.4 Å². The van der Waals surface area contributed by atoms with Crippen LogP contribution in [0.3, 0.4) is 0 Å². The second-order valence-corrected chi connectivity index (χ2v) is 5.08. The highest BCUT2D eigenvalue weighted by molar-refractivity contribution is 5.82. The Bertz CT molecular complexity index is 644. The van der Waals surface area contributed by atoms with Crippen molar-refractivity contribution in [3.63, 3.8) is 0 Å². The lowest BCUT2D eigenvalue weighted by Crippen LogP contribution is -2.16. The number of phenols is 1. The van der Waals surface area contributed by atoms with E-state index in [2.05, 4.69) is 4.90 Å². The van der Waals surface area contributed by atoms with Gasteiger partial charge in [-0.25, -0.2) is 4.79 Å².